The number of hydrogen-bond acceptors (Lipinski definition) is 7. The number of halogens is 4. The molecule has 6 aromatic rings. The van der Waals surface area contributed by atoms with Crippen LogP contribution in [0, 0.1) is 0 Å². The summed E-state index contributed by atoms with van der Waals surface area (Å²) in [7, 11) is -0.969. The Morgan fingerprint density at radius 2 is 1.30 bits per heavy atom. The molecule has 0 saturated heterocycles. The zero-order chi connectivity index (χ0) is 35.5. The molecule has 0 saturated carbocycles. The summed E-state index contributed by atoms with van der Waals surface area (Å²) in [6, 6.07) is 28.7. The molecule has 0 atom stereocenters. The van der Waals surface area contributed by atoms with Crippen molar-refractivity contribution in [1.82, 2.24) is 14.3 Å². The highest BCUT2D eigenvalue weighted by atomic mass is 35.5. The predicted molar refractivity (Wildman–Crippen MR) is 184 cm³/mol. The van der Waals surface area contributed by atoms with Gasteiger partial charge in [-0.25, -0.2) is 18.4 Å². The maximum atomic E-state index is 14.2. The van der Waals surface area contributed by atoms with Crippen molar-refractivity contribution in [3.8, 4) is 34.3 Å². The summed E-state index contributed by atoms with van der Waals surface area (Å²) in [5.74, 6) is 1.76. The van der Waals surface area contributed by atoms with Gasteiger partial charge in [-0.2, -0.15) is 17.5 Å². The van der Waals surface area contributed by atoms with E-state index in [2.05, 4.69) is 9.97 Å². The van der Waals surface area contributed by atoms with E-state index in [4.69, 9.17) is 25.8 Å². The zero-order valence-corrected chi connectivity index (χ0v) is 28.3. The molecule has 0 fully saturated rings. The van der Waals surface area contributed by atoms with Crippen molar-refractivity contribution in [3.05, 3.63) is 137 Å². The fourth-order valence-electron chi connectivity index (χ4n) is 5.36. The number of alkyl halides is 3. The van der Waals surface area contributed by atoms with Gasteiger partial charge < -0.3 is 14.2 Å². The first-order chi connectivity index (χ1) is 24.0. The summed E-state index contributed by atoms with van der Waals surface area (Å²) in [5.41, 5.74) is 0.838. The van der Waals surface area contributed by atoms with Crippen molar-refractivity contribution < 1.29 is 35.8 Å². The minimum Gasteiger partial charge on any atom is -0.497 e. The molecule has 0 aliphatic carbocycles. The summed E-state index contributed by atoms with van der Waals surface area (Å²) in [6.07, 6.45) is -3.57. The molecular weight excluding hydrogens is 691 g/mol. The lowest BCUT2D eigenvalue weighted by molar-refractivity contribution is -0.136. The Labute approximate surface area is 291 Å². The van der Waals surface area contributed by atoms with Gasteiger partial charge in [-0.3, -0.25) is 0 Å². The molecule has 0 aliphatic heterocycles. The molecule has 5 aromatic carbocycles. The summed E-state index contributed by atoms with van der Waals surface area (Å²) < 4.78 is 87.5. The maximum Gasteiger partial charge on any atom is 0.418 e. The van der Waals surface area contributed by atoms with E-state index >= 15 is 0 Å². The van der Waals surface area contributed by atoms with Crippen LogP contribution in [-0.2, 0) is 29.3 Å². The summed E-state index contributed by atoms with van der Waals surface area (Å²) >= 11 is 6.51. The minimum absolute atomic E-state index is 0.00677. The van der Waals surface area contributed by atoms with Crippen LogP contribution in [0.4, 0.5) is 13.2 Å². The fourth-order valence-corrected chi connectivity index (χ4v) is 7.02. The molecule has 0 unspecified atom stereocenters. The molecular formula is C37H29ClF3N3O5S. The molecule has 256 valence electrons. The Morgan fingerprint density at radius 3 is 1.90 bits per heavy atom. The van der Waals surface area contributed by atoms with E-state index in [0.29, 0.717) is 17.1 Å². The van der Waals surface area contributed by atoms with Crippen LogP contribution < -0.4 is 14.2 Å². The topological polar surface area (TPSA) is 90.9 Å². The molecule has 0 amide bonds. The second-order valence-electron chi connectivity index (χ2n) is 11.1. The van der Waals surface area contributed by atoms with Gasteiger partial charge in [-0.15, -0.1) is 0 Å². The predicted octanol–water partition coefficient (Wildman–Crippen LogP) is 9.17. The fraction of sp³-hybridized carbons (Fsp3) is 0.135. The van der Waals surface area contributed by atoms with Gasteiger partial charge in [-0.05, 0) is 71.8 Å². The van der Waals surface area contributed by atoms with Crippen LogP contribution in [0.2, 0.25) is 5.02 Å². The van der Waals surface area contributed by atoms with Crippen molar-refractivity contribution in [1.29, 1.82) is 0 Å². The Kier molecular flexibility index (Phi) is 9.96. The first-order valence-corrected chi connectivity index (χ1v) is 16.9. The Hall–Kier alpha value is -5.17. The Bertz CT molecular complexity index is 2200. The summed E-state index contributed by atoms with van der Waals surface area (Å²) in [6.45, 7) is 0.153. The van der Waals surface area contributed by atoms with Crippen LogP contribution in [-0.4, -0.2) is 36.9 Å². The van der Waals surface area contributed by atoms with E-state index < -0.39 is 21.8 Å². The lowest BCUT2D eigenvalue weighted by atomic mass is 10.0. The van der Waals surface area contributed by atoms with Crippen LogP contribution in [0.5, 0.6) is 23.0 Å². The highest BCUT2D eigenvalue weighted by Crippen LogP contribution is 2.39. The normalized spacial score (nSPS) is 11.9. The first-order valence-electron chi connectivity index (χ1n) is 15.1. The number of ether oxygens (including phenoxy) is 3. The second kappa shape index (κ2) is 14.4. The number of fused-ring (bicyclic) bond motifs is 1. The summed E-state index contributed by atoms with van der Waals surface area (Å²) in [5, 5.41) is 0.377. The number of benzene rings is 5. The third-order valence-electron chi connectivity index (χ3n) is 7.88. The maximum absolute atomic E-state index is 14.2. The van der Waals surface area contributed by atoms with Crippen molar-refractivity contribution >= 4 is 32.5 Å². The van der Waals surface area contributed by atoms with Gasteiger partial charge in [0.25, 0.3) is 0 Å². The number of sulfonamides is 1. The average molecular weight is 720 g/mol. The monoisotopic (exact) mass is 719 g/mol. The molecule has 0 radical (unpaired) electrons. The van der Waals surface area contributed by atoms with E-state index in [1.165, 1.54) is 40.7 Å². The van der Waals surface area contributed by atoms with Crippen LogP contribution >= 0.6 is 11.6 Å². The zero-order valence-electron chi connectivity index (χ0n) is 26.7. The highest BCUT2D eigenvalue weighted by molar-refractivity contribution is 7.89. The van der Waals surface area contributed by atoms with E-state index in [0.717, 1.165) is 23.5 Å². The molecule has 1 aromatic heterocycles. The molecule has 50 heavy (non-hydrogen) atoms. The average Bonchev–Trinajstić information content (AvgIpc) is 3.12. The van der Waals surface area contributed by atoms with E-state index in [9.17, 15) is 21.6 Å². The lowest BCUT2D eigenvalue weighted by Crippen LogP contribution is -2.30. The molecule has 6 rings (SSSR count). The van der Waals surface area contributed by atoms with Gasteiger partial charge in [0.1, 0.15) is 29.3 Å². The van der Waals surface area contributed by atoms with Gasteiger partial charge >= 0.3 is 6.18 Å². The Balaban J connectivity index is 1.32. The molecule has 1 heterocycles. The largest absolute Gasteiger partial charge is 0.497 e. The third-order valence-corrected chi connectivity index (χ3v) is 10.00. The molecule has 0 bridgehead atoms. The van der Waals surface area contributed by atoms with Crippen LogP contribution in [0.25, 0.3) is 22.2 Å². The molecule has 0 aliphatic rings. The van der Waals surface area contributed by atoms with Gasteiger partial charge in [-0.1, -0.05) is 54.1 Å². The smallest absolute Gasteiger partial charge is 0.418 e. The summed E-state index contributed by atoms with van der Waals surface area (Å²) in [4.78, 5) is 8.13. The van der Waals surface area contributed by atoms with E-state index in [1.807, 2.05) is 0 Å². The van der Waals surface area contributed by atoms with Gasteiger partial charge in [0, 0.05) is 30.1 Å². The van der Waals surface area contributed by atoms with E-state index in [1.54, 1.807) is 80.9 Å². The minimum atomic E-state index is -4.62. The lowest BCUT2D eigenvalue weighted by Gasteiger charge is -2.23. The SMILES string of the molecule is COc1ccc(CN(Cc2ccc(OC)cc2)S(=O)(=O)c2cccc(Oc3ccc(Cl)c(-c4ncnc5c(C(F)(F)F)cccc45)c3)c2)cc1. The van der Waals surface area contributed by atoms with Gasteiger partial charge in [0.2, 0.25) is 10.0 Å². The number of nitrogens with zero attached hydrogens (tertiary/aromatic N) is 3. The van der Waals surface area contributed by atoms with Crippen molar-refractivity contribution in [2.24, 2.45) is 0 Å². The van der Waals surface area contributed by atoms with Crippen molar-refractivity contribution in [2.45, 2.75) is 24.2 Å². The van der Waals surface area contributed by atoms with Crippen LogP contribution in [0.1, 0.15) is 16.7 Å². The number of rotatable bonds is 11. The van der Waals surface area contributed by atoms with Crippen molar-refractivity contribution in [3.63, 3.8) is 0 Å². The molecule has 0 spiro atoms. The molecule has 0 N–H and O–H groups in total. The van der Waals surface area contributed by atoms with Gasteiger partial charge in [0.15, 0.2) is 0 Å². The highest BCUT2D eigenvalue weighted by Gasteiger charge is 2.33. The van der Waals surface area contributed by atoms with E-state index in [-0.39, 0.29) is 51.1 Å². The molecule has 8 nitrogen and oxygen atoms in total. The number of para-hydroxylation sites is 1. The second-order valence-corrected chi connectivity index (χ2v) is 13.5. The van der Waals surface area contributed by atoms with Crippen LogP contribution in [0.3, 0.4) is 0 Å². The quantitative estimate of drug-likeness (QED) is 0.132. The number of aromatic nitrogens is 2. The number of hydrogen-bond donors (Lipinski definition) is 0. The first kappa shape index (κ1) is 34.7. The van der Waals surface area contributed by atoms with Crippen LogP contribution in [0.15, 0.2) is 120 Å². The van der Waals surface area contributed by atoms with Crippen molar-refractivity contribution in [2.75, 3.05) is 14.2 Å². The number of methoxy groups -OCH3 is 2. The Morgan fingerprint density at radius 1 is 0.720 bits per heavy atom. The third kappa shape index (κ3) is 7.52. The standard InChI is InChI=1S/C37H29ClF3N3O5S/c1-47-26-13-9-24(10-14-26)21-44(22-25-11-15-27(48-2)16-12-25)50(45,46)30-6-3-5-28(19-30)49-29-17-18-34(38)32(20-29)35-31-7-4-8-33(37(39,40)41)36(31)43-23-42-35/h3-20,23H,21-22H2,1-2H3. The molecule has 13 heteroatoms. The van der Waals surface area contributed by atoms with Gasteiger partial charge in [0.05, 0.1) is 40.9 Å².